The summed E-state index contributed by atoms with van der Waals surface area (Å²) in [4.78, 5) is 11.5. The third-order valence-electron chi connectivity index (χ3n) is 3.03. The third kappa shape index (κ3) is 2.58. The van der Waals surface area contributed by atoms with E-state index < -0.39 is 0 Å². The van der Waals surface area contributed by atoms with Crippen molar-refractivity contribution in [3.05, 3.63) is 35.4 Å². The summed E-state index contributed by atoms with van der Waals surface area (Å²) < 4.78 is 0. The molecule has 1 N–H and O–H groups in total. The first kappa shape index (κ1) is 10.2. The van der Waals surface area contributed by atoms with E-state index in [9.17, 15) is 4.79 Å². The number of carbonyl (C=O) groups is 1. The highest BCUT2D eigenvalue weighted by molar-refractivity contribution is 5.81. The Kier molecular flexibility index (Phi) is 2.76. The lowest BCUT2D eigenvalue weighted by Crippen LogP contribution is -2.24. The molecule has 1 saturated carbocycles. The maximum Gasteiger partial charge on any atom is 0.223 e. The van der Waals surface area contributed by atoms with E-state index in [0.29, 0.717) is 12.5 Å². The van der Waals surface area contributed by atoms with Crippen LogP contribution in [0.15, 0.2) is 24.3 Å². The number of nitrogens with one attached hydrogen (secondary N) is 1. The van der Waals surface area contributed by atoms with E-state index in [1.807, 2.05) is 0 Å². The Morgan fingerprint density at radius 2 is 2.00 bits per heavy atom. The average Bonchev–Trinajstić information content (AvgIpc) is 2.94. The first-order valence-corrected chi connectivity index (χ1v) is 5.50. The molecule has 0 bridgehead atoms. The largest absolute Gasteiger partial charge is 0.352 e. The molecule has 1 aliphatic rings. The fourth-order valence-electron chi connectivity index (χ4n) is 1.71. The molecule has 0 heterocycles. The van der Waals surface area contributed by atoms with Crippen molar-refractivity contribution in [2.24, 2.45) is 11.8 Å². The highest BCUT2D eigenvalue weighted by Gasteiger charge is 2.38. The van der Waals surface area contributed by atoms with Gasteiger partial charge in [0.15, 0.2) is 0 Å². The Morgan fingerprint density at radius 3 is 2.53 bits per heavy atom. The van der Waals surface area contributed by atoms with Crippen molar-refractivity contribution in [1.29, 1.82) is 0 Å². The summed E-state index contributed by atoms with van der Waals surface area (Å²) >= 11 is 0. The van der Waals surface area contributed by atoms with Crippen molar-refractivity contribution in [2.75, 3.05) is 0 Å². The summed E-state index contributed by atoms with van der Waals surface area (Å²) in [6.45, 7) is 4.84. The van der Waals surface area contributed by atoms with Gasteiger partial charge in [-0.15, -0.1) is 0 Å². The Balaban J connectivity index is 1.82. The standard InChI is InChI=1S/C13H17NO/c1-9-3-5-11(6-4-9)8-14-13(15)12-7-10(12)2/h3-6,10,12H,7-8H2,1-2H3,(H,14,15). The fraction of sp³-hybridized carbons (Fsp3) is 0.462. The Labute approximate surface area is 90.7 Å². The SMILES string of the molecule is Cc1ccc(CNC(=O)C2CC2C)cc1. The molecule has 80 valence electrons. The van der Waals surface area contributed by atoms with Gasteiger partial charge in [-0.3, -0.25) is 4.79 Å². The van der Waals surface area contributed by atoms with E-state index in [1.165, 1.54) is 11.1 Å². The van der Waals surface area contributed by atoms with Gasteiger partial charge in [0.2, 0.25) is 5.91 Å². The predicted octanol–water partition coefficient (Wildman–Crippen LogP) is 2.27. The molecule has 1 fully saturated rings. The molecule has 0 aliphatic heterocycles. The first-order valence-electron chi connectivity index (χ1n) is 5.50. The second-order valence-corrected chi connectivity index (χ2v) is 4.52. The van der Waals surface area contributed by atoms with Gasteiger partial charge in [-0.05, 0) is 24.8 Å². The quantitative estimate of drug-likeness (QED) is 0.802. The summed E-state index contributed by atoms with van der Waals surface area (Å²) in [6, 6.07) is 8.26. The Morgan fingerprint density at radius 1 is 1.40 bits per heavy atom. The average molecular weight is 203 g/mol. The normalized spacial score (nSPS) is 23.6. The van der Waals surface area contributed by atoms with E-state index in [2.05, 4.69) is 43.4 Å². The van der Waals surface area contributed by atoms with E-state index in [-0.39, 0.29) is 11.8 Å². The van der Waals surface area contributed by atoms with Gasteiger partial charge < -0.3 is 5.32 Å². The maximum atomic E-state index is 11.5. The number of rotatable bonds is 3. The molecule has 1 aromatic carbocycles. The highest BCUT2D eigenvalue weighted by atomic mass is 16.2. The van der Waals surface area contributed by atoms with Crippen LogP contribution >= 0.6 is 0 Å². The van der Waals surface area contributed by atoms with Gasteiger partial charge in [0.1, 0.15) is 0 Å². The van der Waals surface area contributed by atoms with Crippen LogP contribution in [0.25, 0.3) is 0 Å². The molecule has 1 aromatic rings. The van der Waals surface area contributed by atoms with Crippen molar-refractivity contribution in [2.45, 2.75) is 26.8 Å². The summed E-state index contributed by atoms with van der Waals surface area (Å²) in [5.74, 6) is 1.07. The molecule has 2 atom stereocenters. The van der Waals surface area contributed by atoms with E-state index in [1.54, 1.807) is 0 Å². The molecule has 0 spiro atoms. The lowest BCUT2D eigenvalue weighted by Gasteiger charge is -2.04. The zero-order valence-electron chi connectivity index (χ0n) is 9.29. The first-order chi connectivity index (χ1) is 7.16. The molecular weight excluding hydrogens is 186 g/mol. The van der Waals surface area contributed by atoms with Gasteiger partial charge in [0, 0.05) is 12.5 Å². The fourth-order valence-corrected chi connectivity index (χ4v) is 1.71. The van der Waals surface area contributed by atoms with Crippen LogP contribution < -0.4 is 5.32 Å². The zero-order chi connectivity index (χ0) is 10.8. The van der Waals surface area contributed by atoms with Crippen LogP contribution in [-0.2, 0) is 11.3 Å². The van der Waals surface area contributed by atoms with Gasteiger partial charge in [-0.1, -0.05) is 36.8 Å². The smallest absolute Gasteiger partial charge is 0.223 e. The lowest BCUT2D eigenvalue weighted by molar-refractivity contribution is -0.122. The highest BCUT2D eigenvalue weighted by Crippen LogP contribution is 2.37. The zero-order valence-corrected chi connectivity index (χ0v) is 9.29. The molecule has 0 saturated heterocycles. The Hall–Kier alpha value is -1.31. The number of aryl methyl sites for hydroxylation is 1. The monoisotopic (exact) mass is 203 g/mol. The van der Waals surface area contributed by atoms with Gasteiger partial charge >= 0.3 is 0 Å². The summed E-state index contributed by atoms with van der Waals surface area (Å²) in [5, 5.41) is 2.97. The number of hydrogen-bond donors (Lipinski definition) is 1. The van der Waals surface area contributed by atoms with Crippen LogP contribution in [0.4, 0.5) is 0 Å². The van der Waals surface area contributed by atoms with Gasteiger partial charge in [0.05, 0.1) is 0 Å². The minimum Gasteiger partial charge on any atom is -0.352 e. The second kappa shape index (κ2) is 4.05. The molecule has 2 heteroatoms. The van der Waals surface area contributed by atoms with Crippen LogP contribution in [0.1, 0.15) is 24.5 Å². The molecule has 1 amide bonds. The van der Waals surface area contributed by atoms with Crippen LogP contribution in [0, 0.1) is 18.8 Å². The predicted molar refractivity (Wildman–Crippen MR) is 60.3 cm³/mol. The summed E-state index contributed by atoms with van der Waals surface area (Å²) in [6.07, 6.45) is 1.06. The minimum absolute atomic E-state index is 0.211. The van der Waals surface area contributed by atoms with Crippen LogP contribution in [0.2, 0.25) is 0 Å². The third-order valence-corrected chi connectivity index (χ3v) is 3.03. The number of benzene rings is 1. The van der Waals surface area contributed by atoms with Gasteiger partial charge in [-0.25, -0.2) is 0 Å². The maximum absolute atomic E-state index is 11.5. The van der Waals surface area contributed by atoms with Crippen molar-refractivity contribution in [3.63, 3.8) is 0 Å². The van der Waals surface area contributed by atoms with Crippen molar-refractivity contribution < 1.29 is 4.79 Å². The molecule has 2 nitrogen and oxygen atoms in total. The van der Waals surface area contributed by atoms with E-state index in [4.69, 9.17) is 0 Å². The number of amides is 1. The van der Waals surface area contributed by atoms with Crippen LogP contribution in [-0.4, -0.2) is 5.91 Å². The minimum atomic E-state index is 0.211. The molecule has 2 unspecified atom stereocenters. The van der Waals surface area contributed by atoms with Gasteiger partial charge in [0.25, 0.3) is 0 Å². The lowest BCUT2D eigenvalue weighted by atomic mass is 10.1. The molecule has 0 radical (unpaired) electrons. The van der Waals surface area contributed by atoms with Crippen LogP contribution in [0.5, 0.6) is 0 Å². The molecular formula is C13H17NO. The summed E-state index contributed by atoms with van der Waals surface area (Å²) in [5.41, 5.74) is 2.42. The van der Waals surface area contributed by atoms with E-state index >= 15 is 0 Å². The number of carbonyl (C=O) groups excluding carboxylic acids is 1. The number of hydrogen-bond acceptors (Lipinski definition) is 1. The van der Waals surface area contributed by atoms with E-state index in [0.717, 1.165) is 6.42 Å². The summed E-state index contributed by atoms with van der Waals surface area (Å²) in [7, 11) is 0. The molecule has 1 aliphatic carbocycles. The Bertz CT molecular complexity index is 355. The molecule has 0 aromatic heterocycles. The van der Waals surface area contributed by atoms with Crippen molar-refractivity contribution in [1.82, 2.24) is 5.32 Å². The van der Waals surface area contributed by atoms with Crippen molar-refractivity contribution in [3.8, 4) is 0 Å². The topological polar surface area (TPSA) is 29.1 Å². The second-order valence-electron chi connectivity index (χ2n) is 4.52. The van der Waals surface area contributed by atoms with Crippen molar-refractivity contribution >= 4 is 5.91 Å². The van der Waals surface area contributed by atoms with Crippen LogP contribution in [0.3, 0.4) is 0 Å². The molecule has 15 heavy (non-hydrogen) atoms. The van der Waals surface area contributed by atoms with Gasteiger partial charge in [-0.2, -0.15) is 0 Å². The molecule has 2 rings (SSSR count).